The first kappa shape index (κ1) is 21.8. The molecule has 2 aliphatic heterocycles. The molecule has 0 radical (unpaired) electrons. The summed E-state index contributed by atoms with van der Waals surface area (Å²) in [6.07, 6.45) is 0. The van der Waals surface area contributed by atoms with E-state index in [4.69, 9.17) is 0 Å². The van der Waals surface area contributed by atoms with E-state index in [-0.39, 0.29) is 22.1 Å². The summed E-state index contributed by atoms with van der Waals surface area (Å²) >= 11 is 1.76. The van der Waals surface area contributed by atoms with Crippen molar-refractivity contribution in [3.8, 4) is 6.07 Å². The van der Waals surface area contributed by atoms with Crippen LogP contribution in [0.15, 0.2) is 84.9 Å². The van der Waals surface area contributed by atoms with Crippen molar-refractivity contribution in [3.05, 3.63) is 96.1 Å². The Hall–Kier alpha value is -3.07. The van der Waals surface area contributed by atoms with Crippen LogP contribution in [-0.4, -0.2) is 33.0 Å². The fourth-order valence-electron chi connectivity index (χ4n) is 5.40. The van der Waals surface area contributed by atoms with Crippen LogP contribution in [0, 0.1) is 18.3 Å². The van der Waals surface area contributed by atoms with Crippen molar-refractivity contribution in [2.24, 2.45) is 0 Å². The van der Waals surface area contributed by atoms with Crippen molar-refractivity contribution in [2.75, 3.05) is 0 Å². The monoisotopic (exact) mass is 454 g/mol. The summed E-state index contributed by atoms with van der Waals surface area (Å²) < 4.78 is 0.100. The number of carbonyl (C=O) groups excluding carboxylic acids is 1. The minimum absolute atomic E-state index is 0.0541. The average Bonchev–Trinajstić information content (AvgIpc) is 3.07. The van der Waals surface area contributed by atoms with Gasteiger partial charge < -0.3 is 4.90 Å². The van der Waals surface area contributed by atoms with Crippen LogP contribution < -0.4 is 4.48 Å². The van der Waals surface area contributed by atoms with Gasteiger partial charge in [-0.1, -0.05) is 60.7 Å². The minimum Gasteiger partial charge on any atom is -0.301 e. The first-order chi connectivity index (χ1) is 15.9. The molecule has 0 aliphatic carbocycles. The Balaban J connectivity index is 1.74. The van der Waals surface area contributed by atoms with E-state index in [1.165, 1.54) is 11.1 Å². The van der Waals surface area contributed by atoms with Gasteiger partial charge in [0.25, 0.3) is 5.91 Å². The Kier molecular flexibility index (Phi) is 5.31. The molecular formula is C28H28N3OS+. The van der Waals surface area contributed by atoms with Gasteiger partial charge in [-0.25, -0.2) is 4.48 Å². The number of aryl methyl sites for hydroxylation is 1. The number of hydrogen-bond acceptors (Lipinski definition) is 3. The lowest BCUT2D eigenvalue weighted by atomic mass is 9.91. The number of carbonyl (C=O) groups is 1. The van der Waals surface area contributed by atoms with Crippen LogP contribution in [0.3, 0.4) is 0 Å². The number of β-lactam (4-membered cyclic amide) rings is 1. The van der Waals surface area contributed by atoms with E-state index in [0.29, 0.717) is 11.0 Å². The Morgan fingerprint density at radius 1 is 0.939 bits per heavy atom. The Morgan fingerprint density at radius 2 is 1.48 bits per heavy atom. The second kappa shape index (κ2) is 8.06. The molecule has 5 heteroatoms. The van der Waals surface area contributed by atoms with Gasteiger partial charge in [0.05, 0.1) is 6.07 Å². The molecule has 2 heterocycles. The third kappa shape index (κ3) is 3.28. The van der Waals surface area contributed by atoms with Gasteiger partial charge in [0.15, 0.2) is 0 Å². The number of para-hydroxylation sites is 2. The molecule has 4 nitrogen and oxygen atoms in total. The van der Waals surface area contributed by atoms with Gasteiger partial charge in [0.2, 0.25) is 6.04 Å². The minimum atomic E-state index is -0.414. The molecule has 33 heavy (non-hydrogen) atoms. The van der Waals surface area contributed by atoms with Crippen LogP contribution in [0.5, 0.6) is 0 Å². The van der Waals surface area contributed by atoms with Crippen LogP contribution >= 0.6 is 11.8 Å². The fraction of sp³-hybridized carbons (Fsp3) is 0.286. The lowest BCUT2D eigenvalue weighted by Crippen LogP contribution is -2.75. The maximum atomic E-state index is 13.9. The summed E-state index contributed by atoms with van der Waals surface area (Å²) in [7, 11) is 0. The van der Waals surface area contributed by atoms with Gasteiger partial charge in [-0.05, 0) is 50.6 Å². The quantitative estimate of drug-likeness (QED) is 0.362. The average molecular weight is 455 g/mol. The molecule has 2 aliphatic rings. The zero-order valence-corrected chi connectivity index (χ0v) is 20.0. The number of nitrogens with zero attached hydrogens (tertiary/aromatic N) is 3. The number of nitriles is 1. The SMILES string of the molecule is Cc1ccccc1C[N+](c1ccccc1)(c1ccccc1)C1C(=O)N2C(C#N)C(C)(C)S[C@@H]12. The fourth-order valence-corrected chi connectivity index (χ4v) is 7.11. The van der Waals surface area contributed by atoms with Crippen molar-refractivity contribution < 1.29 is 4.79 Å². The lowest BCUT2D eigenvalue weighted by molar-refractivity contribution is -0.151. The summed E-state index contributed by atoms with van der Waals surface area (Å²) in [5.74, 6) is 0.0610. The molecule has 1 amide bonds. The Morgan fingerprint density at radius 3 is 2.03 bits per heavy atom. The summed E-state index contributed by atoms with van der Waals surface area (Å²) in [6.45, 7) is 6.96. The number of quaternary nitrogens is 1. The normalized spacial score (nSPS) is 23.5. The van der Waals surface area contributed by atoms with Crippen molar-refractivity contribution >= 4 is 29.0 Å². The molecule has 166 valence electrons. The van der Waals surface area contributed by atoms with Gasteiger partial charge in [0, 0.05) is 10.3 Å². The van der Waals surface area contributed by atoms with E-state index in [1.807, 2.05) is 41.3 Å². The molecule has 3 aromatic carbocycles. The van der Waals surface area contributed by atoms with Crippen LogP contribution in [0.4, 0.5) is 11.4 Å². The van der Waals surface area contributed by atoms with Crippen LogP contribution in [-0.2, 0) is 11.3 Å². The van der Waals surface area contributed by atoms with E-state index < -0.39 is 6.04 Å². The van der Waals surface area contributed by atoms with E-state index in [9.17, 15) is 10.1 Å². The summed E-state index contributed by atoms with van der Waals surface area (Å²) in [4.78, 5) is 15.7. The summed E-state index contributed by atoms with van der Waals surface area (Å²) in [5.41, 5.74) is 4.60. The predicted molar refractivity (Wildman–Crippen MR) is 135 cm³/mol. The number of amides is 1. The zero-order chi connectivity index (χ0) is 23.2. The zero-order valence-electron chi connectivity index (χ0n) is 19.2. The molecule has 0 N–H and O–H groups in total. The summed E-state index contributed by atoms with van der Waals surface area (Å²) in [5, 5.41) is 9.82. The second-order valence-corrected chi connectivity index (χ2v) is 11.2. The topological polar surface area (TPSA) is 44.1 Å². The van der Waals surface area contributed by atoms with Gasteiger partial charge in [-0.2, -0.15) is 5.26 Å². The first-order valence-electron chi connectivity index (χ1n) is 11.3. The van der Waals surface area contributed by atoms with E-state index in [2.05, 4.69) is 75.4 Å². The lowest BCUT2D eigenvalue weighted by Gasteiger charge is -2.53. The Bertz CT molecular complexity index is 1180. The standard InChI is InChI=1S/C28H28N3OS/c1-20-12-10-11-13-21(20)19-31(22-14-6-4-7-15-22,23-16-8-5-9-17-23)25-26(32)30-24(18-29)28(2,3)33-27(25)30/h4-17,24-25,27H,19H2,1-3H3/q+1/t24?,25?,27-/m0/s1. The molecule has 0 bridgehead atoms. The molecule has 0 spiro atoms. The Labute approximate surface area is 200 Å². The highest BCUT2D eigenvalue weighted by Crippen LogP contribution is 2.56. The first-order valence-corrected chi connectivity index (χ1v) is 12.2. The van der Waals surface area contributed by atoms with E-state index >= 15 is 0 Å². The number of fused-ring (bicyclic) bond motifs is 1. The molecule has 3 atom stereocenters. The van der Waals surface area contributed by atoms with Gasteiger partial charge in [-0.15, -0.1) is 11.8 Å². The predicted octanol–water partition coefficient (Wildman–Crippen LogP) is 5.79. The van der Waals surface area contributed by atoms with Crippen LogP contribution in [0.1, 0.15) is 25.0 Å². The summed E-state index contributed by atoms with van der Waals surface area (Å²) in [6, 6.07) is 30.9. The number of thioether (sulfide) groups is 1. The molecule has 0 aromatic heterocycles. The highest BCUT2D eigenvalue weighted by molar-refractivity contribution is 8.01. The smallest absolute Gasteiger partial charge is 0.287 e. The second-order valence-electron chi connectivity index (χ2n) is 9.46. The molecule has 5 rings (SSSR count). The van der Waals surface area contributed by atoms with E-state index in [1.54, 1.807) is 11.8 Å². The van der Waals surface area contributed by atoms with Gasteiger partial charge in [0.1, 0.15) is 29.3 Å². The number of rotatable bonds is 5. The van der Waals surface area contributed by atoms with Crippen molar-refractivity contribution in [1.29, 1.82) is 5.26 Å². The van der Waals surface area contributed by atoms with Crippen molar-refractivity contribution in [1.82, 2.24) is 9.38 Å². The van der Waals surface area contributed by atoms with Crippen LogP contribution in [0.25, 0.3) is 0 Å². The maximum Gasteiger partial charge on any atom is 0.287 e. The maximum absolute atomic E-state index is 13.9. The van der Waals surface area contributed by atoms with Crippen LogP contribution in [0.2, 0.25) is 0 Å². The molecule has 2 saturated heterocycles. The third-order valence-electron chi connectivity index (χ3n) is 7.12. The van der Waals surface area contributed by atoms with E-state index in [0.717, 1.165) is 11.4 Å². The van der Waals surface area contributed by atoms with Crippen molar-refractivity contribution in [2.45, 2.75) is 49.5 Å². The molecule has 2 unspecified atom stereocenters. The third-order valence-corrected chi connectivity index (χ3v) is 8.68. The largest absolute Gasteiger partial charge is 0.301 e. The highest BCUT2D eigenvalue weighted by atomic mass is 32.2. The molecule has 2 fully saturated rings. The molecule has 0 saturated carbocycles. The molecule has 3 aromatic rings. The van der Waals surface area contributed by atoms with Gasteiger partial charge in [-0.3, -0.25) is 4.79 Å². The number of benzene rings is 3. The van der Waals surface area contributed by atoms with Crippen molar-refractivity contribution in [3.63, 3.8) is 0 Å². The van der Waals surface area contributed by atoms with Gasteiger partial charge >= 0.3 is 0 Å². The highest BCUT2D eigenvalue weighted by Gasteiger charge is 2.69. The number of hydrogen-bond donors (Lipinski definition) is 0. The molecular weight excluding hydrogens is 426 g/mol.